The van der Waals surface area contributed by atoms with Gasteiger partial charge in [-0.25, -0.2) is 10.0 Å². The lowest BCUT2D eigenvalue weighted by Crippen LogP contribution is -2.45. The first kappa shape index (κ1) is 12.3. The van der Waals surface area contributed by atoms with Gasteiger partial charge in [0.05, 0.1) is 12.8 Å². The predicted molar refractivity (Wildman–Crippen MR) is 67.7 cm³/mol. The highest BCUT2D eigenvalue weighted by molar-refractivity contribution is 4.78. The number of hydrazine groups is 1. The summed E-state index contributed by atoms with van der Waals surface area (Å²) >= 11 is 0. The third-order valence-corrected chi connectivity index (χ3v) is 3.85. The van der Waals surface area contributed by atoms with Crippen molar-refractivity contribution in [1.29, 1.82) is 0 Å². The fourth-order valence-electron chi connectivity index (χ4n) is 2.91. The highest BCUT2D eigenvalue weighted by atomic mass is 15.7. The van der Waals surface area contributed by atoms with Gasteiger partial charge in [0.1, 0.15) is 0 Å². The molecule has 2 saturated heterocycles. The van der Waals surface area contributed by atoms with Crippen LogP contribution in [0.15, 0.2) is 0 Å². The number of fused-ring (bicyclic) bond motifs is 1. The van der Waals surface area contributed by atoms with Gasteiger partial charge in [0, 0.05) is 13.1 Å². The van der Waals surface area contributed by atoms with E-state index in [0.29, 0.717) is 12.1 Å². The van der Waals surface area contributed by atoms with Crippen LogP contribution in [0.2, 0.25) is 0 Å². The van der Waals surface area contributed by atoms with E-state index in [1.54, 1.807) is 0 Å². The summed E-state index contributed by atoms with van der Waals surface area (Å²) in [6.07, 6.45) is 9.00. The molecule has 0 amide bonds. The summed E-state index contributed by atoms with van der Waals surface area (Å²) in [6.45, 7) is 8.19. The van der Waals surface area contributed by atoms with Crippen molar-refractivity contribution in [2.45, 2.75) is 58.5 Å². The lowest BCUT2D eigenvalue weighted by atomic mass is 10.1. The summed E-state index contributed by atoms with van der Waals surface area (Å²) in [5.41, 5.74) is 0. The van der Waals surface area contributed by atoms with Gasteiger partial charge in [0.2, 0.25) is 0 Å². The molecule has 2 heterocycles. The van der Waals surface area contributed by atoms with Gasteiger partial charge in [-0.05, 0) is 18.8 Å². The van der Waals surface area contributed by atoms with Crippen molar-refractivity contribution in [3.05, 3.63) is 0 Å². The molecule has 0 aliphatic carbocycles. The number of hydrogen-bond acceptors (Lipinski definition) is 3. The van der Waals surface area contributed by atoms with Gasteiger partial charge in [-0.15, -0.1) is 0 Å². The molecule has 1 N–H and O–H groups in total. The number of rotatable bonds is 1. The third-order valence-electron chi connectivity index (χ3n) is 3.85. The first-order valence-electron chi connectivity index (χ1n) is 7.04. The summed E-state index contributed by atoms with van der Waals surface area (Å²) in [4.78, 5) is 0. The molecule has 0 bridgehead atoms. The van der Waals surface area contributed by atoms with Gasteiger partial charge in [0.25, 0.3) is 0 Å². The molecule has 94 valence electrons. The second-order valence-electron chi connectivity index (χ2n) is 5.57. The highest BCUT2D eigenvalue weighted by Gasteiger charge is 2.32. The van der Waals surface area contributed by atoms with Gasteiger partial charge >= 0.3 is 0 Å². The van der Waals surface area contributed by atoms with Crippen LogP contribution in [0, 0.1) is 5.92 Å². The molecule has 3 heteroatoms. The Morgan fingerprint density at radius 1 is 0.938 bits per heavy atom. The molecule has 3 nitrogen and oxygen atoms in total. The van der Waals surface area contributed by atoms with Crippen molar-refractivity contribution in [2.24, 2.45) is 5.92 Å². The fraction of sp³-hybridized carbons (Fsp3) is 1.00. The number of nitrogens with zero attached hydrogens (tertiary/aromatic N) is 2. The van der Waals surface area contributed by atoms with Crippen LogP contribution in [0.3, 0.4) is 0 Å². The molecule has 1 unspecified atom stereocenters. The van der Waals surface area contributed by atoms with Crippen molar-refractivity contribution in [3.63, 3.8) is 0 Å². The van der Waals surface area contributed by atoms with Gasteiger partial charge in [-0.2, -0.15) is 0 Å². The monoisotopic (exact) mass is 225 g/mol. The molecule has 0 aromatic carbocycles. The Morgan fingerprint density at radius 3 is 2.25 bits per heavy atom. The van der Waals surface area contributed by atoms with Crippen molar-refractivity contribution in [3.8, 4) is 0 Å². The van der Waals surface area contributed by atoms with Gasteiger partial charge in [-0.3, -0.25) is 5.32 Å². The van der Waals surface area contributed by atoms with Crippen molar-refractivity contribution >= 4 is 0 Å². The minimum atomic E-state index is 0.569. The molecule has 2 fully saturated rings. The zero-order valence-electron chi connectivity index (χ0n) is 10.9. The molecule has 0 radical (unpaired) electrons. The Kier molecular flexibility index (Phi) is 4.62. The molecule has 0 spiro atoms. The van der Waals surface area contributed by atoms with Crippen LogP contribution in [-0.2, 0) is 0 Å². The molecule has 2 aliphatic rings. The molecule has 16 heavy (non-hydrogen) atoms. The smallest absolute Gasteiger partial charge is 0.0769 e. The molecule has 2 aliphatic heterocycles. The van der Waals surface area contributed by atoms with E-state index >= 15 is 0 Å². The van der Waals surface area contributed by atoms with E-state index in [2.05, 4.69) is 29.2 Å². The average Bonchev–Trinajstić information content (AvgIpc) is 2.67. The maximum Gasteiger partial charge on any atom is 0.0769 e. The Bertz CT molecular complexity index is 205. The van der Waals surface area contributed by atoms with Gasteiger partial charge in [0.15, 0.2) is 0 Å². The van der Waals surface area contributed by atoms with E-state index in [1.807, 2.05) is 0 Å². The van der Waals surface area contributed by atoms with E-state index in [9.17, 15) is 0 Å². The normalized spacial score (nSPS) is 30.6. The van der Waals surface area contributed by atoms with Crippen LogP contribution in [0.5, 0.6) is 0 Å². The molecule has 0 saturated carbocycles. The minimum absolute atomic E-state index is 0.569. The first-order valence-corrected chi connectivity index (χ1v) is 7.04. The van der Waals surface area contributed by atoms with Crippen molar-refractivity contribution in [1.82, 2.24) is 15.3 Å². The van der Waals surface area contributed by atoms with Crippen molar-refractivity contribution < 1.29 is 0 Å². The summed E-state index contributed by atoms with van der Waals surface area (Å²) in [7, 11) is 0. The number of hydrogen-bond donors (Lipinski definition) is 1. The fourth-order valence-corrected chi connectivity index (χ4v) is 2.91. The van der Waals surface area contributed by atoms with Crippen LogP contribution < -0.4 is 5.32 Å². The Morgan fingerprint density at radius 2 is 1.56 bits per heavy atom. The van der Waals surface area contributed by atoms with E-state index in [0.717, 1.165) is 6.67 Å². The molecular weight excluding hydrogens is 198 g/mol. The lowest BCUT2D eigenvalue weighted by molar-refractivity contribution is -0.0206. The van der Waals surface area contributed by atoms with E-state index in [4.69, 9.17) is 0 Å². The standard InChI is InChI=1S/C13H27N3/c1-12(2)13-14-11-15-9-7-5-3-4-6-8-10-16(13)15/h12-14H,3-11H2,1-2H3. The first-order chi connectivity index (χ1) is 7.79. The Labute approximate surface area is 100 Å². The van der Waals surface area contributed by atoms with Gasteiger partial charge in [-0.1, -0.05) is 39.5 Å². The zero-order chi connectivity index (χ0) is 11.4. The Hall–Kier alpha value is -0.120. The van der Waals surface area contributed by atoms with Crippen LogP contribution in [0.4, 0.5) is 0 Å². The minimum Gasteiger partial charge on any atom is -0.286 e. The molecule has 0 aromatic heterocycles. The van der Waals surface area contributed by atoms with Crippen LogP contribution in [0.1, 0.15) is 52.4 Å². The van der Waals surface area contributed by atoms with Crippen LogP contribution in [0.25, 0.3) is 0 Å². The second-order valence-corrected chi connectivity index (χ2v) is 5.57. The Balaban J connectivity index is 1.94. The largest absolute Gasteiger partial charge is 0.286 e. The lowest BCUT2D eigenvalue weighted by Gasteiger charge is -2.33. The summed E-state index contributed by atoms with van der Waals surface area (Å²) in [6, 6.07) is 0. The van der Waals surface area contributed by atoms with E-state index in [1.165, 1.54) is 51.6 Å². The molecule has 1 atom stereocenters. The second kappa shape index (κ2) is 5.99. The topological polar surface area (TPSA) is 18.5 Å². The van der Waals surface area contributed by atoms with Crippen LogP contribution >= 0.6 is 0 Å². The predicted octanol–water partition coefficient (Wildman–Crippen LogP) is 2.40. The summed E-state index contributed by atoms with van der Waals surface area (Å²) in [5, 5.41) is 8.78. The third kappa shape index (κ3) is 2.96. The van der Waals surface area contributed by atoms with E-state index < -0.39 is 0 Å². The molecule has 2 rings (SSSR count). The SMILES string of the molecule is CC(C)C1NCN2CCCCCCCCN12. The van der Waals surface area contributed by atoms with Crippen molar-refractivity contribution in [2.75, 3.05) is 19.8 Å². The highest BCUT2D eigenvalue weighted by Crippen LogP contribution is 2.20. The van der Waals surface area contributed by atoms with Gasteiger partial charge < -0.3 is 0 Å². The average molecular weight is 225 g/mol. The maximum absolute atomic E-state index is 3.65. The van der Waals surface area contributed by atoms with Crippen LogP contribution in [-0.4, -0.2) is 35.9 Å². The van der Waals surface area contributed by atoms with E-state index in [-0.39, 0.29) is 0 Å². The number of nitrogens with one attached hydrogen (secondary N) is 1. The molecular formula is C13H27N3. The summed E-state index contributed by atoms with van der Waals surface area (Å²) < 4.78 is 0. The molecule has 0 aromatic rings. The zero-order valence-corrected chi connectivity index (χ0v) is 10.9. The maximum atomic E-state index is 3.65. The summed E-state index contributed by atoms with van der Waals surface area (Å²) in [5.74, 6) is 0.702. The quantitative estimate of drug-likeness (QED) is 0.739.